The van der Waals surface area contributed by atoms with Crippen LogP contribution in [0, 0.1) is 6.92 Å². The topological polar surface area (TPSA) is 96.5 Å². The fourth-order valence-electron chi connectivity index (χ4n) is 3.23. The molecule has 0 spiro atoms. The molecule has 138 valence electrons. The fourth-order valence-corrected chi connectivity index (χ4v) is 3.23. The van der Waals surface area contributed by atoms with Crippen molar-refractivity contribution in [1.82, 2.24) is 15.0 Å². The number of aryl methyl sites for hydroxylation is 1. The van der Waals surface area contributed by atoms with Crippen LogP contribution in [0.1, 0.15) is 76.5 Å². The molecule has 1 atom stereocenters. The Balaban J connectivity index is 1.78. The zero-order valence-corrected chi connectivity index (χ0v) is 15.2. The molecule has 1 unspecified atom stereocenters. The summed E-state index contributed by atoms with van der Waals surface area (Å²) in [5, 5.41) is 13.3. The second-order valence-electron chi connectivity index (χ2n) is 7.13. The van der Waals surface area contributed by atoms with E-state index in [1.165, 1.54) is 6.07 Å². The summed E-state index contributed by atoms with van der Waals surface area (Å²) in [5.74, 6) is 0.252. The number of carbonyl (C=O) groups is 2. The molecule has 1 aromatic carbocycles. The van der Waals surface area contributed by atoms with E-state index in [0.717, 1.165) is 18.4 Å². The lowest BCUT2D eigenvalue weighted by Gasteiger charge is -2.31. The van der Waals surface area contributed by atoms with Gasteiger partial charge < -0.3 is 14.5 Å². The number of rotatable bonds is 4. The summed E-state index contributed by atoms with van der Waals surface area (Å²) in [6.45, 7) is 6.92. The van der Waals surface area contributed by atoms with Crippen LogP contribution in [0.5, 0.6) is 0 Å². The summed E-state index contributed by atoms with van der Waals surface area (Å²) in [7, 11) is 0. The van der Waals surface area contributed by atoms with E-state index >= 15 is 0 Å². The van der Waals surface area contributed by atoms with Gasteiger partial charge in [0.1, 0.15) is 0 Å². The zero-order valence-electron chi connectivity index (χ0n) is 15.2. The molecule has 1 N–H and O–H groups in total. The Hall–Kier alpha value is -2.70. The molecule has 7 nitrogen and oxygen atoms in total. The Labute approximate surface area is 152 Å². The van der Waals surface area contributed by atoms with Gasteiger partial charge in [0.15, 0.2) is 5.82 Å². The molecule has 1 aliphatic rings. The zero-order chi connectivity index (χ0) is 18.8. The minimum Gasteiger partial charge on any atom is -0.478 e. The van der Waals surface area contributed by atoms with E-state index < -0.39 is 5.97 Å². The molecule has 3 rings (SSSR count). The van der Waals surface area contributed by atoms with Gasteiger partial charge in [-0.05, 0) is 43.5 Å². The first kappa shape index (κ1) is 18.1. The van der Waals surface area contributed by atoms with Crippen molar-refractivity contribution in [3.63, 3.8) is 0 Å². The quantitative estimate of drug-likeness (QED) is 0.902. The SMILES string of the molecule is Cc1cc(C(=O)O)cc(C(=O)N2CCCC(c3noc(C(C)C)n3)C2)c1. The molecule has 1 amide bonds. The van der Waals surface area contributed by atoms with Crippen molar-refractivity contribution >= 4 is 11.9 Å². The largest absolute Gasteiger partial charge is 0.478 e. The average molecular weight is 357 g/mol. The third-order valence-corrected chi connectivity index (χ3v) is 4.60. The van der Waals surface area contributed by atoms with E-state index in [9.17, 15) is 14.7 Å². The molecular formula is C19H23N3O4. The van der Waals surface area contributed by atoms with Crippen molar-refractivity contribution in [3.8, 4) is 0 Å². The highest BCUT2D eigenvalue weighted by molar-refractivity contribution is 5.97. The van der Waals surface area contributed by atoms with Gasteiger partial charge in [0.05, 0.1) is 5.56 Å². The number of carboxylic acids is 1. The van der Waals surface area contributed by atoms with Crippen LogP contribution in [0.15, 0.2) is 22.7 Å². The summed E-state index contributed by atoms with van der Waals surface area (Å²) < 4.78 is 5.29. The third-order valence-electron chi connectivity index (χ3n) is 4.60. The summed E-state index contributed by atoms with van der Waals surface area (Å²) in [6, 6.07) is 4.72. The predicted molar refractivity (Wildman–Crippen MR) is 94.4 cm³/mol. The maximum atomic E-state index is 12.9. The molecule has 26 heavy (non-hydrogen) atoms. The molecule has 1 aromatic heterocycles. The molecule has 7 heteroatoms. The minimum absolute atomic E-state index is 0.0349. The third kappa shape index (κ3) is 3.76. The molecule has 0 bridgehead atoms. The van der Waals surface area contributed by atoms with Crippen LogP contribution in [0.4, 0.5) is 0 Å². The number of likely N-dealkylation sites (tertiary alicyclic amines) is 1. The van der Waals surface area contributed by atoms with Gasteiger partial charge in [-0.2, -0.15) is 4.98 Å². The lowest BCUT2D eigenvalue weighted by atomic mass is 9.96. The fraction of sp³-hybridized carbons (Fsp3) is 0.474. The van der Waals surface area contributed by atoms with Gasteiger partial charge in [-0.25, -0.2) is 4.79 Å². The van der Waals surface area contributed by atoms with E-state index in [1.807, 2.05) is 13.8 Å². The number of benzene rings is 1. The maximum Gasteiger partial charge on any atom is 0.335 e. The van der Waals surface area contributed by atoms with Crippen molar-refractivity contribution in [2.75, 3.05) is 13.1 Å². The van der Waals surface area contributed by atoms with Crippen LogP contribution in [0.3, 0.4) is 0 Å². The first-order valence-electron chi connectivity index (χ1n) is 8.83. The highest BCUT2D eigenvalue weighted by Crippen LogP contribution is 2.27. The van der Waals surface area contributed by atoms with Crippen LogP contribution in [-0.4, -0.2) is 45.1 Å². The Morgan fingerprint density at radius 3 is 2.65 bits per heavy atom. The summed E-state index contributed by atoms with van der Waals surface area (Å²) in [6.07, 6.45) is 1.74. The van der Waals surface area contributed by atoms with E-state index in [2.05, 4.69) is 10.1 Å². The lowest BCUT2D eigenvalue weighted by molar-refractivity contribution is 0.0696. The molecule has 1 fully saturated rings. The lowest BCUT2D eigenvalue weighted by Crippen LogP contribution is -2.39. The summed E-state index contributed by atoms with van der Waals surface area (Å²) in [4.78, 5) is 30.3. The van der Waals surface area contributed by atoms with E-state index in [0.29, 0.717) is 30.4 Å². The number of piperidine rings is 1. The predicted octanol–water partition coefficient (Wildman–Crippen LogP) is 3.22. The van der Waals surface area contributed by atoms with Gasteiger partial charge in [-0.15, -0.1) is 0 Å². The Morgan fingerprint density at radius 2 is 2.00 bits per heavy atom. The van der Waals surface area contributed by atoms with Gasteiger partial charge >= 0.3 is 5.97 Å². The number of hydrogen-bond acceptors (Lipinski definition) is 5. The molecule has 2 heterocycles. The van der Waals surface area contributed by atoms with Crippen LogP contribution >= 0.6 is 0 Å². The minimum atomic E-state index is -1.03. The second-order valence-corrected chi connectivity index (χ2v) is 7.13. The summed E-state index contributed by atoms with van der Waals surface area (Å²) >= 11 is 0. The molecular weight excluding hydrogens is 334 g/mol. The second kappa shape index (κ2) is 7.27. The Bertz CT molecular complexity index is 828. The van der Waals surface area contributed by atoms with Gasteiger partial charge in [0.2, 0.25) is 5.89 Å². The number of carbonyl (C=O) groups excluding carboxylic acids is 1. The molecule has 0 aliphatic carbocycles. The molecule has 1 aliphatic heterocycles. The van der Waals surface area contributed by atoms with Crippen LogP contribution in [-0.2, 0) is 0 Å². The van der Waals surface area contributed by atoms with Crippen LogP contribution < -0.4 is 0 Å². The van der Waals surface area contributed by atoms with E-state index in [1.54, 1.807) is 24.0 Å². The van der Waals surface area contributed by atoms with Crippen LogP contribution in [0.2, 0.25) is 0 Å². The smallest absolute Gasteiger partial charge is 0.335 e. The average Bonchev–Trinajstić information content (AvgIpc) is 3.11. The van der Waals surface area contributed by atoms with Crippen molar-refractivity contribution in [1.29, 1.82) is 0 Å². The number of amides is 1. The number of nitrogens with zero attached hydrogens (tertiary/aromatic N) is 3. The summed E-state index contributed by atoms with van der Waals surface area (Å²) in [5.41, 5.74) is 1.28. The number of carboxylic acid groups (broad SMARTS) is 1. The van der Waals surface area contributed by atoms with Crippen LogP contribution in [0.25, 0.3) is 0 Å². The van der Waals surface area contributed by atoms with E-state index in [4.69, 9.17) is 4.52 Å². The van der Waals surface area contributed by atoms with Crippen molar-refractivity contribution in [3.05, 3.63) is 46.6 Å². The number of aromatic carboxylic acids is 1. The normalized spacial score (nSPS) is 17.5. The highest BCUT2D eigenvalue weighted by atomic mass is 16.5. The van der Waals surface area contributed by atoms with Crippen molar-refractivity contribution in [2.45, 2.75) is 45.4 Å². The van der Waals surface area contributed by atoms with Gasteiger partial charge in [-0.3, -0.25) is 4.79 Å². The number of hydrogen-bond donors (Lipinski definition) is 1. The van der Waals surface area contributed by atoms with E-state index in [-0.39, 0.29) is 23.3 Å². The van der Waals surface area contributed by atoms with Gasteiger partial charge in [0, 0.05) is 30.5 Å². The van der Waals surface area contributed by atoms with Gasteiger partial charge in [0.25, 0.3) is 5.91 Å². The Kier molecular flexibility index (Phi) is 5.06. The Morgan fingerprint density at radius 1 is 1.27 bits per heavy atom. The monoisotopic (exact) mass is 357 g/mol. The first-order chi connectivity index (χ1) is 12.3. The van der Waals surface area contributed by atoms with Crippen molar-refractivity contribution in [2.24, 2.45) is 0 Å². The molecule has 2 aromatic rings. The van der Waals surface area contributed by atoms with Gasteiger partial charge in [-0.1, -0.05) is 19.0 Å². The van der Waals surface area contributed by atoms with Crippen molar-refractivity contribution < 1.29 is 19.2 Å². The maximum absolute atomic E-state index is 12.9. The number of aromatic nitrogens is 2. The highest BCUT2D eigenvalue weighted by Gasteiger charge is 2.29. The molecule has 0 radical (unpaired) electrons. The molecule has 1 saturated heterocycles. The standard InChI is InChI=1S/C19H23N3O4/c1-11(2)17-20-16(21-26-17)13-5-4-6-22(10-13)18(23)14-7-12(3)8-15(9-14)19(24)25/h7-9,11,13H,4-6,10H2,1-3H3,(H,24,25). The molecule has 0 saturated carbocycles. The first-order valence-corrected chi connectivity index (χ1v) is 8.83.